The molecule has 3 aromatic rings. The van der Waals surface area contributed by atoms with E-state index in [9.17, 15) is 14.4 Å². The number of ether oxygens (including phenoxy) is 1. The van der Waals surface area contributed by atoms with Crippen molar-refractivity contribution in [3.63, 3.8) is 0 Å². The maximum Gasteiger partial charge on any atom is 0.407 e. The molecule has 7 nitrogen and oxygen atoms in total. The van der Waals surface area contributed by atoms with Crippen LogP contribution in [-0.2, 0) is 27.4 Å². The van der Waals surface area contributed by atoms with Gasteiger partial charge in [-0.2, -0.15) is 0 Å². The van der Waals surface area contributed by atoms with Gasteiger partial charge in [-0.15, -0.1) is 11.8 Å². The summed E-state index contributed by atoms with van der Waals surface area (Å²) < 4.78 is 4.68. The summed E-state index contributed by atoms with van der Waals surface area (Å²) in [7, 11) is 1.34. The lowest BCUT2D eigenvalue weighted by Crippen LogP contribution is -2.49. The quantitative estimate of drug-likeness (QED) is 0.432. The second-order valence-electron chi connectivity index (χ2n) is 8.77. The molecular weight excluding hydrogens is 486 g/mol. The van der Waals surface area contributed by atoms with Gasteiger partial charge >= 0.3 is 6.09 Å². The summed E-state index contributed by atoms with van der Waals surface area (Å²) in [5.41, 5.74) is 4.82. The number of para-hydroxylation sites is 1. The van der Waals surface area contributed by atoms with E-state index in [0.29, 0.717) is 25.3 Å². The Hall–Kier alpha value is -3.78. The van der Waals surface area contributed by atoms with E-state index in [1.807, 2.05) is 79.7 Å². The van der Waals surface area contributed by atoms with Gasteiger partial charge in [0.15, 0.2) is 0 Å². The molecule has 0 radical (unpaired) electrons. The third-order valence-electron chi connectivity index (χ3n) is 6.17. The minimum Gasteiger partial charge on any atom is -0.453 e. The molecular formula is C29H31N3O4S. The van der Waals surface area contributed by atoms with Crippen LogP contribution in [0.4, 0.5) is 10.5 Å². The topological polar surface area (TPSA) is 87.7 Å². The minimum atomic E-state index is -0.579. The number of rotatable bonds is 8. The van der Waals surface area contributed by atoms with Gasteiger partial charge in [0, 0.05) is 23.6 Å². The Kier molecular flexibility index (Phi) is 8.85. The highest BCUT2D eigenvalue weighted by Gasteiger charge is 2.31. The summed E-state index contributed by atoms with van der Waals surface area (Å²) in [6.07, 6.45) is 0.660. The fourth-order valence-electron chi connectivity index (χ4n) is 4.28. The van der Waals surface area contributed by atoms with Crippen molar-refractivity contribution < 1.29 is 19.1 Å². The number of nitrogens with zero attached hydrogens (tertiary/aromatic N) is 1. The van der Waals surface area contributed by atoms with Crippen LogP contribution < -0.4 is 15.5 Å². The number of anilines is 1. The highest BCUT2D eigenvalue weighted by atomic mass is 32.2. The minimum absolute atomic E-state index is 0.0999. The number of nitrogens with one attached hydrogen (secondary N) is 2. The number of benzene rings is 3. The smallest absolute Gasteiger partial charge is 0.407 e. The van der Waals surface area contributed by atoms with E-state index in [4.69, 9.17) is 0 Å². The molecule has 0 saturated carbocycles. The maximum absolute atomic E-state index is 13.6. The highest BCUT2D eigenvalue weighted by Crippen LogP contribution is 2.35. The number of fused-ring (bicyclic) bond motifs is 1. The number of hydrogen-bond donors (Lipinski definition) is 2. The SMILES string of the molecule is CCCC(=O)N[C@@H]1CSc2ccccc2N(Cc2ccc(-c3ccccc3CNC(=O)OC)cc2)C1=O. The van der Waals surface area contributed by atoms with E-state index < -0.39 is 12.1 Å². The van der Waals surface area contributed by atoms with E-state index in [0.717, 1.165) is 39.3 Å². The summed E-state index contributed by atoms with van der Waals surface area (Å²) in [5, 5.41) is 5.66. The zero-order valence-corrected chi connectivity index (χ0v) is 21.8. The first kappa shape index (κ1) is 26.3. The number of thioether (sulfide) groups is 1. The summed E-state index contributed by atoms with van der Waals surface area (Å²) >= 11 is 1.59. The molecule has 192 valence electrons. The van der Waals surface area contributed by atoms with Gasteiger partial charge in [0.1, 0.15) is 6.04 Å². The molecule has 0 fully saturated rings. The number of hydrogen-bond acceptors (Lipinski definition) is 5. The van der Waals surface area contributed by atoms with Gasteiger partial charge in [0.2, 0.25) is 5.91 Å². The van der Waals surface area contributed by atoms with Crippen LogP contribution in [0.15, 0.2) is 77.7 Å². The van der Waals surface area contributed by atoms with Gasteiger partial charge in [-0.1, -0.05) is 67.6 Å². The standard InChI is InChI=1S/C29H31N3O4S/c1-3-8-27(33)31-24-19-37-26-12-7-6-11-25(26)32(28(24)34)18-20-13-15-21(16-14-20)23-10-5-4-9-22(23)17-30-29(35)36-2/h4-7,9-16,24H,3,8,17-19H2,1-2H3,(H,30,35)(H,31,33)/t24-/m1/s1. The molecule has 8 heteroatoms. The molecule has 0 aliphatic carbocycles. The molecule has 1 heterocycles. The maximum atomic E-state index is 13.6. The molecule has 0 unspecified atom stereocenters. The van der Waals surface area contributed by atoms with Crippen LogP contribution in [0.25, 0.3) is 11.1 Å². The molecule has 4 rings (SSSR count). The van der Waals surface area contributed by atoms with Crippen LogP contribution in [0.2, 0.25) is 0 Å². The summed E-state index contributed by atoms with van der Waals surface area (Å²) in [6, 6.07) is 23.2. The predicted molar refractivity (Wildman–Crippen MR) is 146 cm³/mol. The van der Waals surface area contributed by atoms with Crippen molar-refractivity contribution in [3.05, 3.63) is 83.9 Å². The van der Waals surface area contributed by atoms with E-state index in [2.05, 4.69) is 15.4 Å². The molecule has 3 aromatic carbocycles. The van der Waals surface area contributed by atoms with Crippen molar-refractivity contribution in [3.8, 4) is 11.1 Å². The van der Waals surface area contributed by atoms with Gasteiger partial charge in [-0.3, -0.25) is 9.59 Å². The molecule has 1 atom stereocenters. The Morgan fingerprint density at radius 1 is 1.03 bits per heavy atom. The number of methoxy groups -OCH3 is 1. The van der Waals surface area contributed by atoms with Crippen molar-refractivity contribution in [1.29, 1.82) is 0 Å². The van der Waals surface area contributed by atoms with Gasteiger partial charge in [0.05, 0.1) is 19.3 Å². The molecule has 0 spiro atoms. The third-order valence-corrected chi connectivity index (χ3v) is 7.33. The van der Waals surface area contributed by atoms with Gasteiger partial charge < -0.3 is 20.3 Å². The van der Waals surface area contributed by atoms with E-state index in [1.165, 1.54) is 7.11 Å². The molecule has 0 bridgehead atoms. The van der Waals surface area contributed by atoms with Crippen LogP contribution >= 0.6 is 11.8 Å². The third kappa shape index (κ3) is 6.51. The molecule has 37 heavy (non-hydrogen) atoms. The number of carbonyl (C=O) groups is 3. The van der Waals surface area contributed by atoms with Crippen LogP contribution in [0, 0.1) is 0 Å². The van der Waals surface area contributed by atoms with Gasteiger partial charge in [0.25, 0.3) is 5.91 Å². The van der Waals surface area contributed by atoms with E-state index in [1.54, 1.807) is 16.7 Å². The molecule has 1 aliphatic rings. The van der Waals surface area contributed by atoms with Crippen LogP contribution in [0.1, 0.15) is 30.9 Å². The summed E-state index contributed by atoms with van der Waals surface area (Å²) in [4.78, 5) is 40.2. The largest absolute Gasteiger partial charge is 0.453 e. The second kappa shape index (κ2) is 12.5. The van der Waals surface area contributed by atoms with E-state index >= 15 is 0 Å². The monoisotopic (exact) mass is 517 g/mol. The van der Waals surface area contributed by atoms with Crippen molar-refractivity contribution >= 4 is 35.4 Å². The molecule has 1 aliphatic heterocycles. The fraction of sp³-hybridized carbons (Fsp3) is 0.276. The zero-order valence-electron chi connectivity index (χ0n) is 21.0. The van der Waals surface area contributed by atoms with Crippen LogP contribution in [0.3, 0.4) is 0 Å². The predicted octanol–water partition coefficient (Wildman–Crippen LogP) is 5.13. The Bertz CT molecular complexity index is 1260. The first-order valence-electron chi connectivity index (χ1n) is 12.3. The average molecular weight is 518 g/mol. The van der Waals surface area contributed by atoms with Crippen LogP contribution in [0.5, 0.6) is 0 Å². The Morgan fingerprint density at radius 3 is 2.51 bits per heavy atom. The summed E-state index contributed by atoms with van der Waals surface area (Å²) in [5.74, 6) is 0.291. The first-order chi connectivity index (χ1) is 18.0. The van der Waals surface area contributed by atoms with Gasteiger partial charge in [-0.25, -0.2) is 4.79 Å². The second-order valence-corrected chi connectivity index (χ2v) is 9.83. The van der Waals surface area contributed by atoms with Gasteiger partial charge in [-0.05, 0) is 40.8 Å². The Balaban J connectivity index is 1.56. The van der Waals surface area contributed by atoms with Crippen molar-refractivity contribution in [2.24, 2.45) is 0 Å². The zero-order chi connectivity index (χ0) is 26.2. The fourth-order valence-corrected chi connectivity index (χ4v) is 5.35. The lowest BCUT2D eigenvalue weighted by molar-refractivity contribution is -0.127. The molecule has 3 amide bonds. The number of carbonyl (C=O) groups excluding carboxylic acids is 3. The Labute approximate surface area is 221 Å². The van der Waals surface area contributed by atoms with Crippen molar-refractivity contribution in [2.75, 3.05) is 17.8 Å². The summed E-state index contributed by atoms with van der Waals surface area (Å²) in [6.45, 7) is 2.69. The average Bonchev–Trinajstić information content (AvgIpc) is 3.05. The molecule has 0 saturated heterocycles. The van der Waals surface area contributed by atoms with Crippen molar-refractivity contribution in [1.82, 2.24) is 10.6 Å². The number of alkyl carbamates (subject to hydrolysis) is 1. The normalized spacial score (nSPS) is 14.9. The lowest BCUT2D eigenvalue weighted by atomic mass is 9.98. The molecule has 0 aromatic heterocycles. The van der Waals surface area contributed by atoms with E-state index in [-0.39, 0.29) is 11.8 Å². The Morgan fingerprint density at radius 2 is 1.76 bits per heavy atom. The van der Waals surface area contributed by atoms with Crippen LogP contribution in [-0.4, -0.2) is 36.8 Å². The number of amides is 3. The first-order valence-corrected chi connectivity index (χ1v) is 13.3. The lowest BCUT2D eigenvalue weighted by Gasteiger charge is -2.26. The highest BCUT2D eigenvalue weighted by molar-refractivity contribution is 7.99. The molecule has 2 N–H and O–H groups in total. The van der Waals surface area contributed by atoms with Crippen molar-refractivity contribution in [2.45, 2.75) is 43.8 Å².